The molecule has 0 aromatic heterocycles. The minimum absolute atomic E-state index is 0. The van der Waals surface area contributed by atoms with Gasteiger partial charge in [0.15, 0.2) is 0 Å². The third-order valence-corrected chi connectivity index (χ3v) is 21.7. The van der Waals surface area contributed by atoms with Gasteiger partial charge in [0.05, 0.1) is 0 Å². The Morgan fingerprint density at radius 2 is 0.168 bits per heavy atom. The fraction of sp³-hybridized carbons (Fsp3) is 1.00. The van der Waals surface area contributed by atoms with E-state index in [1.54, 1.807) is 0 Å². The minimum atomic E-state index is -4.76. The van der Waals surface area contributed by atoms with Crippen molar-refractivity contribution in [1.82, 2.24) is 44.1 Å². The molecule has 54 nitrogen and oxygen atoms in total. The summed E-state index contributed by atoms with van der Waals surface area (Å²) in [6.07, 6.45) is -15.6. The summed E-state index contributed by atoms with van der Waals surface area (Å²) in [5.41, 5.74) is 0. The van der Waals surface area contributed by atoms with E-state index in [2.05, 4.69) is 0 Å². The molecule has 0 atom stereocenters. The first-order valence-electron chi connectivity index (χ1n) is 25.0. The summed E-state index contributed by atoms with van der Waals surface area (Å²) in [5, 5.41) is 0. The van der Waals surface area contributed by atoms with Crippen molar-refractivity contribution in [1.29, 1.82) is 0 Å². The van der Waals surface area contributed by atoms with Crippen molar-refractivity contribution in [3.8, 4) is 0 Å². The summed E-state index contributed by atoms with van der Waals surface area (Å²) in [7, 11) is -71.3. The smallest absolute Gasteiger partial charge is 0.324 e. The number of nitrogens with zero attached hydrogens (tertiary/aromatic N) is 9. The van der Waals surface area contributed by atoms with Crippen LogP contribution >= 0.6 is 114 Å². The fourth-order valence-corrected chi connectivity index (χ4v) is 20.0. The molecule has 0 aliphatic rings. The van der Waals surface area contributed by atoms with E-state index in [1.165, 1.54) is 0 Å². The van der Waals surface area contributed by atoms with Gasteiger partial charge in [-0.25, -0.2) is 0 Å². The van der Waals surface area contributed by atoms with Crippen LogP contribution < -0.4 is 0 Å². The van der Waals surface area contributed by atoms with Gasteiger partial charge < -0.3 is 147 Å². The third-order valence-electron chi connectivity index (χ3n) is 10.2. The first-order valence-corrected chi connectivity index (χ1v) is 52.0. The Hall–Kier alpha value is 4.49. The molecular formula is C27H84Cu5N9O45P15+10. The van der Waals surface area contributed by atoms with Crippen molar-refractivity contribution < 1.29 is 301 Å². The molecule has 627 valence electrons. The van der Waals surface area contributed by atoms with Gasteiger partial charge in [0.25, 0.3) is 0 Å². The van der Waals surface area contributed by atoms with E-state index in [0.717, 1.165) is 14.7 Å². The average molecular weight is 2040 g/mol. The molecule has 0 aromatic rings. The van der Waals surface area contributed by atoms with Crippen molar-refractivity contribution in [3.63, 3.8) is 0 Å². The molecule has 0 saturated heterocycles. The Labute approximate surface area is 627 Å². The van der Waals surface area contributed by atoms with Crippen LogP contribution in [0.15, 0.2) is 0 Å². The van der Waals surface area contributed by atoms with E-state index in [1.807, 2.05) is 0 Å². The molecule has 0 unspecified atom stereocenters. The van der Waals surface area contributed by atoms with Crippen molar-refractivity contribution in [2.75, 3.05) is 173 Å². The van der Waals surface area contributed by atoms with Crippen LogP contribution in [0.1, 0.15) is 0 Å². The Morgan fingerprint density at radius 1 is 0.119 bits per heavy atom. The summed E-state index contributed by atoms with van der Waals surface area (Å²) < 4.78 is 168. The summed E-state index contributed by atoms with van der Waals surface area (Å²) in [6, 6.07) is 0. The Balaban J connectivity index is -0.000000209. The van der Waals surface area contributed by atoms with Crippen LogP contribution in [0.4, 0.5) is 0 Å². The minimum Gasteiger partial charge on any atom is -0.324 e. The monoisotopic (exact) mass is 2030 g/mol. The van der Waals surface area contributed by atoms with Crippen LogP contribution in [0, 0.1) is 0 Å². The largest absolute Gasteiger partial charge is 2.00 e. The zero-order valence-electron chi connectivity index (χ0n) is 50.9. The van der Waals surface area contributed by atoms with Gasteiger partial charge >= 0.3 is 199 Å². The molecule has 74 heteroatoms. The molecule has 0 spiro atoms. The van der Waals surface area contributed by atoms with Gasteiger partial charge in [-0.05, 0) is 0 Å². The molecule has 0 amide bonds. The van der Waals surface area contributed by atoms with E-state index in [-0.39, 0.29) is 85.3 Å². The SMILES string of the molecule is O=P(O)(O)CN(CCN(CP(=O)(O)O)CP(=O)(O)O)CCN(CP(=O)(O)O)CP(=O)(O)O.O=P(O)(O)CN(CCN(CP(=O)(O)O)CP(=O)(O)O)CCN(CP(=O)(O)O)CP(=O)(O)O.O=P(O)(O)CN(CCN(CP(=O)(O)O)CP(=O)(O)O)CCN(CP(=O)(O)O)CP(=O)(O)O.[Cu+2].[Cu+2].[Cu+2].[Cu+2].[Cu+2]. The fourth-order valence-electron chi connectivity index (χ4n) is 7.48. The molecule has 30 N–H and O–H groups in total. The van der Waals surface area contributed by atoms with Crippen LogP contribution in [-0.2, 0) is 154 Å². The van der Waals surface area contributed by atoms with Gasteiger partial charge in [0, 0.05) is 78.5 Å². The number of rotatable bonds is 48. The quantitative estimate of drug-likeness (QED) is 0.0199. The molecular weight excluding hydrogens is 1950 g/mol. The molecule has 5 radical (unpaired) electrons. The topological polar surface area (TPSA) is 892 Å². The predicted molar refractivity (Wildman–Crippen MR) is 329 cm³/mol. The molecule has 0 saturated carbocycles. The van der Waals surface area contributed by atoms with Gasteiger partial charge in [-0.1, -0.05) is 0 Å². The zero-order valence-corrected chi connectivity index (χ0v) is 69.0. The zero-order chi connectivity index (χ0) is 76.8. The van der Waals surface area contributed by atoms with Crippen LogP contribution in [0.5, 0.6) is 0 Å². The Bertz CT molecular complexity index is 2510. The summed E-state index contributed by atoms with van der Waals surface area (Å²) >= 11 is 0. The molecule has 0 aliphatic heterocycles. The van der Waals surface area contributed by atoms with Crippen LogP contribution in [0.25, 0.3) is 0 Å². The Kier molecular flexibility index (Phi) is 60.9. The van der Waals surface area contributed by atoms with Crippen molar-refractivity contribution in [2.45, 2.75) is 0 Å². The number of hydrogen-bond acceptors (Lipinski definition) is 24. The summed E-state index contributed by atoms with van der Waals surface area (Å²) in [5.74, 6) is 0. The molecule has 0 aliphatic carbocycles. The van der Waals surface area contributed by atoms with E-state index >= 15 is 0 Å². The molecule has 0 aromatic carbocycles. The number of hydrogen-bond donors (Lipinski definition) is 30. The van der Waals surface area contributed by atoms with E-state index < -0.39 is 287 Å². The van der Waals surface area contributed by atoms with Gasteiger partial charge in [-0.15, -0.1) is 0 Å². The average Bonchev–Trinajstić information content (AvgIpc) is 3.21. The van der Waals surface area contributed by atoms with E-state index in [4.69, 9.17) is 117 Å². The van der Waals surface area contributed by atoms with E-state index in [0.29, 0.717) is 29.4 Å². The van der Waals surface area contributed by atoms with Gasteiger partial charge in [0.2, 0.25) is 0 Å². The second-order valence-electron chi connectivity index (χ2n) is 20.8. The van der Waals surface area contributed by atoms with E-state index in [9.17, 15) is 97.8 Å². The summed E-state index contributed by atoms with van der Waals surface area (Å²) in [6.45, 7) is -5.35. The predicted octanol–water partition coefficient (Wildman–Crippen LogP) is -7.31. The van der Waals surface area contributed by atoms with Gasteiger partial charge in [-0.2, -0.15) is 0 Å². The maximum Gasteiger partial charge on any atom is 2.00 e. The second kappa shape index (κ2) is 50.8. The maximum atomic E-state index is 11.4. The third kappa shape index (κ3) is 91.6. The molecule has 0 bridgehead atoms. The van der Waals surface area contributed by atoms with Crippen molar-refractivity contribution in [3.05, 3.63) is 0 Å². The first kappa shape index (κ1) is 121. The van der Waals surface area contributed by atoms with Crippen LogP contribution in [0.2, 0.25) is 0 Å². The summed E-state index contributed by atoms with van der Waals surface area (Å²) in [4.78, 5) is 279. The Morgan fingerprint density at radius 3 is 0.228 bits per heavy atom. The molecule has 0 heterocycles. The van der Waals surface area contributed by atoms with Crippen LogP contribution in [0.3, 0.4) is 0 Å². The normalized spacial score (nSPS) is 13.9. The van der Waals surface area contributed by atoms with Gasteiger partial charge in [0.1, 0.15) is 94.3 Å². The first-order chi connectivity index (χ1) is 41.8. The van der Waals surface area contributed by atoms with Crippen LogP contribution in [-0.4, -0.2) is 364 Å². The standard InChI is InChI=1S/3C9H28N3O15P5.5Cu/c3*13-28(14,15)5-10(1-3-11(6-29(16,17)18)7-30(19,20)21)2-4-12(8-31(22,23)24)9-32(25,26)27;;;;;/h3*1-9H2,(H2,13,14,15)(H2,16,17,18)(H2,19,20,21)(H2,22,23,24)(H2,25,26,27);;;;;/q;;;5*+2. The maximum absolute atomic E-state index is 11.4. The molecule has 0 rings (SSSR count). The van der Waals surface area contributed by atoms with Gasteiger partial charge in [-0.3, -0.25) is 113 Å². The second-order valence-corrected chi connectivity index (χ2v) is 45.0. The van der Waals surface area contributed by atoms with Crippen molar-refractivity contribution in [2.24, 2.45) is 0 Å². The molecule has 101 heavy (non-hydrogen) atoms. The van der Waals surface area contributed by atoms with Crippen molar-refractivity contribution >= 4 is 114 Å². The molecule has 0 fully saturated rings.